The highest BCUT2D eigenvalue weighted by Crippen LogP contribution is 2.34. The summed E-state index contributed by atoms with van der Waals surface area (Å²) in [7, 11) is 0. The molecule has 0 radical (unpaired) electrons. The molecule has 2 aromatic rings. The molecule has 1 N–H and O–H groups in total. The molecule has 4 nitrogen and oxygen atoms in total. The molecule has 2 aromatic carbocycles. The second-order valence-corrected chi connectivity index (χ2v) is 8.15. The predicted octanol–water partition coefficient (Wildman–Crippen LogP) is 5.14. The summed E-state index contributed by atoms with van der Waals surface area (Å²) in [5.41, 5.74) is 2.05. The molecule has 158 valence electrons. The zero-order valence-electron chi connectivity index (χ0n) is 17.2. The lowest BCUT2D eigenvalue weighted by molar-refractivity contribution is 0.259. The fourth-order valence-electron chi connectivity index (χ4n) is 3.75. The van der Waals surface area contributed by atoms with Crippen molar-refractivity contribution in [3.05, 3.63) is 57.8 Å². The van der Waals surface area contributed by atoms with Crippen molar-refractivity contribution in [2.24, 2.45) is 0 Å². The number of hydrogen-bond acceptors (Lipinski definition) is 4. The summed E-state index contributed by atoms with van der Waals surface area (Å²) in [4.78, 5) is 2.54. The topological polar surface area (TPSA) is 33.7 Å². The van der Waals surface area contributed by atoms with Gasteiger partial charge in [0.1, 0.15) is 12.4 Å². The third kappa shape index (κ3) is 6.17. The summed E-state index contributed by atoms with van der Waals surface area (Å²) in [6.07, 6.45) is 2.56. The summed E-state index contributed by atoms with van der Waals surface area (Å²) < 4.78 is 25.8. The minimum atomic E-state index is -0.247. The number of ether oxygens (including phenoxy) is 2. The number of benzene rings is 2. The Balaban J connectivity index is 1.62. The summed E-state index contributed by atoms with van der Waals surface area (Å²) in [5, 5.41) is 3.60. The van der Waals surface area contributed by atoms with Gasteiger partial charge in [-0.25, -0.2) is 4.39 Å². The van der Waals surface area contributed by atoms with Crippen LogP contribution in [0, 0.1) is 5.82 Å². The van der Waals surface area contributed by atoms with Crippen LogP contribution >= 0.6 is 15.9 Å². The molecule has 0 bridgehead atoms. The molecule has 1 aliphatic heterocycles. The Morgan fingerprint density at radius 2 is 1.90 bits per heavy atom. The molecule has 3 rings (SSSR count). The van der Waals surface area contributed by atoms with Gasteiger partial charge in [0, 0.05) is 23.6 Å². The average Bonchev–Trinajstić information content (AvgIpc) is 3.18. The van der Waals surface area contributed by atoms with Gasteiger partial charge in [-0.3, -0.25) is 4.90 Å². The third-order valence-electron chi connectivity index (χ3n) is 5.32. The van der Waals surface area contributed by atoms with E-state index in [1.165, 1.54) is 31.5 Å². The molecule has 1 aliphatic rings. The molecule has 1 saturated heterocycles. The van der Waals surface area contributed by atoms with Crippen LogP contribution in [0.5, 0.6) is 11.5 Å². The van der Waals surface area contributed by atoms with Crippen LogP contribution in [0.25, 0.3) is 0 Å². The lowest BCUT2D eigenvalue weighted by Crippen LogP contribution is -2.37. The van der Waals surface area contributed by atoms with Crippen molar-refractivity contribution in [1.29, 1.82) is 0 Å². The van der Waals surface area contributed by atoms with Crippen LogP contribution in [0.3, 0.4) is 0 Å². The maximum absolute atomic E-state index is 13.1. The van der Waals surface area contributed by atoms with Gasteiger partial charge in [0.25, 0.3) is 0 Å². The summed E-state index contributed by atoms with van der Waals surface area (Å²) in [6.45, 7) is 9.21. The molecule has 29 heavy (non-hydrogen) atoms. The number of nitrogens with one attached hydrogen (secondary N) is 1. The zero-order chi connectivity index (χ0) is 20.6. The highest BCUT2D eigenvalue weighted by molar-refractivity contribution is 9.10. The van der Waals surface area contributed by atoms with Crippen molar-refractivity contribution in [3.8, 4) is 11.5 Å². The SMILES string of the molecule is CCOc1cc(CNCC2CCCN2CC)c(Br)cc1OCc1ccc(F)cc1. The first-order chi connectivity index (χ1) is 14.1. The summed E-state index contributed by atoms with van der Waals surface area (Å²) in [6, 6.07) is 11.0. The van der Waals surface area contributed by atoms with E-state index in [1.54, 1.807) is 12.1 Å². The van der Waals surface area contributed by atoms with E-state index in [0.717, 1.165) is 41.0 Å². The number of likely N-dealkylation sites (tertiary alicyclic amines) is 1. The third-order valence-corrected chi connectivity index (χ3v) is 6.06. The van der Waals surface area contributed by atoms with Crippen LogP contribution < -0.4 is 14.8 Å². The quantitative estimate of drug-likeness (QED) is 0.527. The smallest absolute Gasteiger partial charge is 0.162 e. The molecule has 6 heteroatoms. The molecular weight excluding hydrogens is 435 g/mol. The molecule has 0 amide bonds. The molecule has 0 aliphatic carbocycles. The molecule has 1 unspecified atom stereocenters. The van der Waals surface area contributed by atoms with Crippen molar-refractivity contribution in [3.63, 3.8) is 0 Å². The Hall–Kier alpha value is -1.63. The Labute approximate surface area is 181 Å². The van der Waals surface area contributed by atoms with Gasteiger partial charge in [-0.2, -0.15) is 0 Å². The van der Waals surface area contributed by atoms with Gasteiger partial charge in [-0.1, -0.05) is 35.0 Å². The van der Waals surface area contributed by atoms with E-state index in [-0.39, 0.29) is 5.82 Å². The maximum Gasteiger partial charge on any atom is 0.162 e. The van der Waals surface area contributed by atoms with Crippen LogP contribution in [0.15, 0.2) is 40.9 Å². The molecule has 0 aromatic heterocycles. The van der Waals surface area contributed by atoms with Crippen LogP contribution in [-0.4, -0.2) is 37.2 Å². The predicted molar refractivity (Wildman–Crippen MR) is 118 cm³/mol. The number of rotatable bonds is 10. The standard InChI is InChI=1S/C23H30BrFN2O2/c1-3-27-11-5-6-20(27)15-26-14-18-12-22(28-4-2)23(13-21(18)24)29-16-17-7-9-19(25)10-8-17/h7-10,12-13,20,26H,3-6,11,14-16H2,1-2H3. The van der Waals surface area contributed by atoms with E-state index in [0.29, 0.717) is 25.0 Å². The van der Waals surface area contributed by atoms with Gasteiger partial charge >= 0.3 is 0 Å². The molecule has 0 spiro atoms. The second-order valence-electron chi connectivity index (χ2n) is 7.29. The lowest BCUT2D eigenvalue weighted by Gasteiger charge is -2.23. The Morgan fingerprint density at radius 1 is 1.14 bits per heavy atom. The number of nitrogens with zero attached hydrogens (tertiary/aromatic N) is 1. The maximum atomic E-state index is 13.1. The van der Waals surface area contributed by atoms with E-state index in [4.69, 9.17) is 9.47 Å². The first kappa shape index (κ1) is 22.1. The van der Waals surface area contributed by atoms with Crippen LogP contribution in [0.4, 0.5) is 4.39 Å². The van der Waals surface area contributed by atoms with Crippen LogP contribution in [0.1, 0.15) is 37.8 Å². The van der Waals surface area contributed by atoms with Crippen molar-refractivity contribution in [2.75, 3.05) is 26.2 Å². The van der Waals surface area contributed by atoms with Crippen molar-refractivity contribution >= 4 is 15.9 Å². The van der Waals surface area contributed by atoms with Crippen molar-refractivity contribution in [1.82, 2.24) is 10.2 Å². The Bertz CT molecular complexity index is 785. The normalized spacial score (nSPS) is 16.9. The zero-order valence-corrected chi connectivity index (χ0v) is 18.8. The van der Waals surface area contributed by atoms with E-state index >= 15 is 0 Å². The number of halogens is 2. The van der Waals surface area contributed by atoms with Gasteiger partial charge in [-0.05, 0) is 68.2 Å². The average molecular weight is 465 g/mol. The lowest BCUT2D eigenvalue weighted by atomic mass is 10.1. The van der Waals surface area contributed by atoms with Gasteiger partial charge in [0.05, 0.1) is 6.61 Å². The van der Waals surface area contributed by atoms with Crippen LogP contribution in [0.2, 0.25) is 0 Å². The minimum Gasteiger partial charge on any atom is -0.490 e. The van der Waals surface area contributed by atoms with Gasteiger partial charge in [0.2, 0.25) is 0 Å². The molecule has 1 fully saturated rings. The minimum absolute atomic E-state index is 0.247. The molecule has 1 heterocycles. The van der Waals surface area contributed by atoms with Gasteiger partial charge in [0.15, 0.2) is 11.5 Å². The largest absolute Gasteiger partial charge is 0.490 e. The van der Waals surface area contributed by atoms with Gasteiger partial charge < -0.3 is 14.8 Å². The number of likely N-dealkylation sites (N-methyl/N-ethyl adjacent to an activating group) is 1. The first-order valence-corrected chi connectivity index (χ1v) is 11.2. The second kappa shape index (κ2) is 11.0. The highest BCUT2D eigenvalue weighted by Gasteiger charge is 2.22. The monoisotopic (exact) mass is 464 g/mol. The Morgan fingerprint density at radius 3 is 2.62 bits per heavy atom. The van der Waals surface area contributed by atoms with Crippen molar-refractivity contribution < 1.29 is 13.9 Å². The van der Waals surface area contributed by atoms with E-state index in [2.05, 4.69) is 33.1 Å². The molecule has 0 saturated carbocycles. The van der Waals surface area contributed by atoms with E-state index < -0.39 is 0 Å². The summed E-state index contributed by atoms with van der Waals surface area (Å²) >= 11 is 3.67. The molecular formula is C23H30BrFN2O2. The Kier molecular flexibility index (Phi) is 8.33. The van der Waals surface area contributed by atoms with Gasteiger partial charge in [-0.15, -0.1) is 0 Å². The van der Waals surface area contributed by atoms with E-state index in [1.807, 2.05) is 19.1 Å². The highest BCUT2D eigenvalue weighted by atomic mass is 79.9. The number of hydrogen-bond donors (Lipinski definition) is 1. The molecule has 1 atom stereocenters. The first-order valence-electron chi connectivity index (χ1n) is 10.4. The fraction of sp³-hybridized carbons (Fsp3) is 0.478. The van der Waals surface area contributed by atoms with Crippen LogP contribution in [-0.2, 0) is 13.2 Å². The van der Waals surface area contributed by atoms with E-state index in [9.17, 15) is 4.39 Å². The summed E-state index contributed by atoms with van der Waals surface area (Å²) in [5.74, 6) is 1.16. The van der Waals surface area contributed by atoms with Crippen molar-refractivity contribution in [2.45, 2.75) is 45.9 Å². The fourth-order valence-corrected chi connectivity index (χ4v) is 4.21.